The van der Waals surface area contributed by atoms with Crippen molar-refractivity contribution in [3.63, 3.8) is 0 Å². The fourth-order valence-electron chi connectivity index (χ4n) is 12.5. The van der Waals surface area contributed by atoms with Gasteiger partial charge in [0.05, 0.1) is 33.8 Å². The number of hydrogen-bond acceptors (Lipinski definition) is 8. The van der Waals surface area contributed by atoms with E-state index in [0.717, 1.165) is 117 Å². The van der Waals surface area contributed by atoms with E-state index >= 15 is 4.39 Å². The SMILES string of the molecule is CC(N)=NCC[C@@H]1CCC[C@@H](c2ccc(-n3cc4cc(-c5cc(CCCC(C)C)cc(Cl)c5F)[nH]c4nc3=O)cc2)N1CC(C)C.CC(N)=NCC[C@@H]1CCC[C@@H](c2ccc(-n3cc4cc(-c5cc(Cl)cc(CCCC(C)C)c5)[nH]c4nc3=O)cc2)N1. The summed E-state index contributed by atoms with van der Waals surface area (Å²) in [7, 11) is 0. The van der Waals surface area contributed by atoms with Gasteiger partial charge in [0.1, 0.15) is 11.3 Å². The van der Waals surface area contributed by atoms with Gasteiger partial charge in [-0.05, 0) is 197 Å². The van der Waals surface area contributed by atoms with Crippen LogP contribution in [-0.2, 0) is 12.8 Å². The number of likely N-dealkylation sites (tertiary alicyclic amines) is 1. The Morgan fingerprint density at radius 3 is 1.79 bits per heavy atom. The largest absolute Gasteiger partial charge is 0.388 e. The highest BCUT2D eigenvalue weighted by Crippen LogP contribution is 2.38. The maximum absolute atomic E-state index is 15.2. The average Bonchev–Trinajstić information content (AvgIpc) is 2.46. The summed E-state index contributed by atoms with van der Waals surface area (Å²) < 4.78 is 18.4. The first kappa shape index (κ1) is 64.6. The van der Waals surface area contributed by atoms with Crippen LogP contribution in [0.15, 0.2) is 123 Å². The number of nitrogens with zero attached hydrogens (tertiary/aromatic N) is 7. The van der Waals surface area contributed by atoms with Crippen molar-refractivity contribution in [3.8, 4) is 33.9 Å². The highest BCUT2D eigenvalue weighted by Gasteiger charge is 2.32. The number of nitrogens with one attached hydrogen (secondary N) is 3. The molecule has 4 aromatic carbocycles. The molecule has 8 aromatic rings. The first-order chi connectivity index (χ1) is 41.7. The van der Waals surface area contributed by atoms with E-state index in [1.54, 1.807) is 21.4 Å². The Hall–Kier alpha value is -6.91. The lowest BCUT2D eigenvalue weighted by molar-refractivity contribution is 0.0659. The number of aromatic nitrogens is 6. The van der Waals surface area contributed by atoms with Crippen molar-refractivity contribution in [3.05, 3.63) is 162 Å². The molecule has 0 spiro atoms. The number of fused-ring (bicyclic) bond motifs is 2. The number of hydrogen-bond donors (Lipinski definition) is 5. The van der Waals surface area contributed by atoms with Gasteiger partial charge in [0.2, 0.25) is 0 Å². The molecule has 462 valence electrons. The molecule has 4 atom stereocenters. The molecule has 6 heterocycles. The first-order valence-corrected chi connectivity index (χ1v) is 32.3. The van der Waals surface area contributed by atoms with E-state index in [4.69, 9.17) is 34.7 Å². The Morgan fingerprint density at radius 2 is 1.21 bits per heavy atom. The zero-order valence-electron chi connectivity index (χ0n) is 52.1. The Kier molecular flexibility index (Phi) is 22.2. The van der Waals surface area contributed by atoms with E-state index < -0.39 is 11.5 Å². The number of nitrogens with two attached hydrogens (primary N) is 2. The zero-order chi connectivity index (χ0) is 61.9. The number of benzene rings is 4. The number of halogens is 3. The Balaban J connectivity index is 0.000000209. The lowest BCUT2D eigenvalue weighted by Gasteiger charge is -2.43. The highest BCUT2D eigenvalue weighted by molar-refractivity contribution is 6.31. The van der Waals surface area contributed by atoms with Crippen LogP contribution in [0.25, 0.3) is 56.0 Å². The number of amidine groups is 2. The predicted octanol–water partition coefficient (Wildman–Crippen LogP) is 15.4. The number of aryl methyl sites for hydroxylation is 2. The topological polar surface area (TPSA) is 193 Å². The number of aromatic amines is 2. The van der Waals surface area contributed by atoms with Gasteiger partial charge in [-0.3, -0.25) is 24.0 Å². The summed E-state index contributed by atoms with van der Waals surface area (Å²) in [6, 6.07) is 31.6. The monoisotopic (exact) mass is 1220 g/mol. The molecule has 7 N–H and O–H groups in total. The number of piperidine rings is 2. The van der Waals surface area contributed by atoms with Crippen LogP contribution in [0.4, 0.5) is 4.39 Å². The van der Waals surface area contributed by atoms with Gasteiger partial charge in [-0.15, -0.1) is 0 Å². The van der Waals surface area contributed by atoms with Gasteiger partial charge in [-0.1, -0.05) is 108 Å². The van der Waals surface area contributed by atoms with Crippen molar-refractivity contribution < 1.29 is 4.39 Å². The van der Waals surface area contributed by atoms with Gasteiger partial charge in [0.15, 0.2) is 5.82 Å². The van der Waals surface area contributed by atoms with Crippen LogP contribution in [0.1, 0.15) is 167 Å². The van der Waals surface area contributed by atoms with Crippen molar-refractivity contribution in [1.82, 2.24) is 39.3 Å². The van der Waals surface area contributed by atoms with Crippen molar-refractivity contribution in [2.24, 2.45) is 39.2 Å². The Labute approximate surface area is 522 Å². The molecule has 10 rings (SSSR count). The third-order valence-corrected chi connectivity index (χ3v) is 17.4. The molecular weight excluding hydrogens is 1130 g/mol. The molecule has 14 nitrogen and oxygen atoms in total. The van der Waals surface area contributed by atoms with E-state index in [0.29, 0.717) is 86.6 Å². The average molecular weight is 1220 g/mol. The molecule has 0 amide bonds. The van der Waals surface area contributed by atoms with Crippen LogP contribution in [0.2, 0.25) is 10.0 Å². The molecular formula is C70H89Cl2FN12O2. The van der Waals surface area contributed by atoms with E-state index in [1.807, 2.05) is 74.6 Å². The van der Waals surface area contributed by atoms with E-state index in [1.165, 1.54) is 42.4 Å². The summed E-state index contributed by atoms with van der Waals surface area (Å²) in [5.74, 6) is 2.63. The quantitative estimate of drug-likeness (QED) is 0.0327. The summed E-state index contributed by atoms with van der Waals surface area (Å²) in [6.45, 7) is 19.6. The third kappa shape index (κ3) is 17.2. The van der Waals surface area contributed by atoms with Crippen LogP contribution in [-0.4, -0.2) is 77.4 Å². The van der Waals surface area contributed by atoms with Gasteiger partial charge in [0, 0.05) is 83.2 Å². The molecule has 0 unspecified atom stereocenters. The molecule has 0 bridgehead atoms. The molecule has 0 radical (unpaired) electrons. The molecule has 2 fully saturated rings. The summed E-state index contributed by atoms with van der Waals surface area (Å²) in [6.07, 6.45) is 18.7. The van der Waals surface area contributed by atoms with Gasteiger partial charge in [-0.2, -0.15) is 9.97 Å². The predicted molar refractivity (Wildman–Crippen MR) is 359 cm³/mol. The maximum Gasteiger partial charge on any atom is 0.354 e. The van der Waals surface area contributed by atoms with E-state index in [9.17, 15) is 9.59 Å². The first-order valence-electron chi connectivity index (χ1n) is 31.5. The van der Waals surface area contributed by atoms with Crippen LogP contribution < -0.4 is 28.2 Å². The smallest absolute Gasteiger partial charge is 0.354 e. The molecule has 17 heteroatoms. The minimum Gasteiger partial charge on any atom is -0.388 e. The van der Waals surface area contributed by atoms with Gasteiger partial charge in [0.25, 0.3) is 0 Å². The minimum atomic E-state index is -0.481. The summed E-state index contributed by atoms with van der Waals surface area (Å²) in [4.78, 5) is 52.8. The standard InChI is InChI=1S/C37H48ClFN6O.C33H41ClN6O/c1-23(2)8-6-9-26-18-31(35(39)32(38)19-26)33-20-28-22-45(37(46)43-36(28)42-33)30-14-12-27(13-15-30)34-11-7-10-29(16-17-41-25(5)40)44(34)21-24(3)4;1-21(2)6-4-7-23-16-25(18-27(34)17-23)31-19-26-20-40(33(41)39-32(26)38-31)29-12-10-24(11-13-29)30-9-5-8-28(37-30)14-15-36-22(3)35/h12-15,18-20,22-24,29,34H,6-11,16-17,21H2,1-5H3,(H2,40,41)(H,42,43,46);10-13,16-21,28,30,37H,4-9,14-15H2,1-3H3,(H2,35,36)(H,38,39,41)/t29-,34-;28-,30-/m00/s1. The minimum absolute atomic E-state index is 0.0961. The van der Waals surface area contributed by atoms with Crippen LogP contribution in [0.3, 0.4) is 0 Å². The molecule has 4 aromatic heterocycles. The van der Waals surface area contributed by atoms with E-state index in [2.05, 4.69) is 112 Å². The van der Waals surface area contributed by atoms with Crippen LogP contribution in [0, 0.1) is 23.6 Å². The fraction of sp³-hybridized carbons (Fsp3) is 0.457. The van der Waals surface area contributed by atoms with Gasteiger partial charge in [-0.25, -0.2) is 14.0 Å². The van der Waals surface area contributed by atoms with Crippen LogP contribution in [0.5, 0.6) is 0 Å². The Bertz CT molecular complexity index is 3780. The van der Waals surface area contributed by atoms with Crippen LogP contribution >= 0.6 is 23.2 Å². The maximum atomic E-state index is 15.2. The highest BCUT2D eigenvalue weighted by atomic mass is 35.5. The zero-order valence-corrected chi connectivity index (χ0v) is 53.6. The lowest BCUT2D eigenvalue weighted by Crippen LogP contribution is -2.44. The second kappa shape index (κ2) is 29.9. The molecule has 0 aliphatic carbocycles. The molecule has 2 aliphatic rings. The molecule has 0 saturated carbocycles. The number of rotatable bonds is 22. The van der Waals surface area contributed by atoms with Crippen molar-refractivity contribution in [1.29, 1.82) is 0 Å². The van der Waals surface area contributed by atoms with Crippen molar-refractivity contribution in [2.75, 3.05) is 19.6 Å². The van der Waals surface area contributed by atoms with Crippen molar-refractivity contribution >= 4 is 56.9 Å². The number of aliphatic imine (C=N–C) groups is 2. The second-order valence-electron chi connectivity index (χ2n) is 25.5. The van der Waals surface area contributed by atoms with Crippen molar-refractivity contribution in [2.45, 2.75) is 169 Å². The summed E-state index contributed by atoms with van der Waals surface area (Å²) in [5.41, 5.74) is 20.8. The van der Waals surface area contributed by atoms with Gasteiger partial charge >= 0.3 is 11.4 Å². The molecule has 2 aliphatic heterocycles. The summed E-state index contributed by atoms with van der Waals surface area (Å²) in [5, 5.41) is 6.17. The molecule has 2 saturated heterocycles. The summed E-state index contributed by atoms with van der Waals surface area (Å²) >= 11 is 12.8. The molecule has 87 heavy (non-hydrogen) atoms. The second-order valence-corrected chi connectivity index (χ2v) is 26.3. The van der Waals surface area contributed by atoms with E-state index in [-0.39, 0.29) is 10.7 Å². The normalized spacial score (nSPS) is 17.9. The Morgan fingerprint density at radius 1 is 0.655 bits per heavy atom. The number of H-pyrrole nitrogens is 2. The third-order valence-electron chi connectivity index (χ3n) is 16.9. The lowest BCUT2D eigenvalue weighted by atomic mass is 9.88. The fourth-order valence-corrected chi connectivity index (χ4v) is 13.0. The van der Waals surface area contributed by atoms with Gasteiger partial charge < -0.3 is 26.8 Å².